The Morgan fingerprint density at radius 1 is 0.857 bits per heavy atom. The predicted octanol–water partition coefficient (Wildman–Crippen LogP) is 7.97. The van der Waals surface area contributed by atoms with E-state index in [1.165, 1.54) is 6.20 Å². The third-order valence-corrected chi connectivity index (χ3v) is 5.99. The van der Waals surface area contributed by atoms with Crippen molar-refractivity contribution in [3.63, 3.8) is 0 Å². The monoisotopic (exact) mass is 513 g/mol. The zero-order chi connectivity index (χ0) is 24.6. The molecule has 0 atom stereocenters. The lowest BCUT2D eigenvalue weighted by Crippen LogP contribution is -2.13. The Hall–Kier alpha value is -3.55. The Labute approximate surface area is 208 Å². The minimum atomic E-state index is -4.61. The minimum absolute atomic E-state index is 0.124. The lowest BCUT2D eigenvalue weighted by molar-refractivity contribution is -0.142. The van der Waals surface area contributed by atoms with Crippen LogP contribution in [0.25, 0.3) is 28.0 Å². The lowest BCUT2D eigenvalue weighted by Gasteiger charge is -2.12. The quantitative estimate of drug-likeness (QED) is 0.239. The van der Waals surface area contributed by atoms with Gasteiger partial charge in [0.2, 0.25) is 0 Å². The maximum atomic E-state index is 13.9. The van der Waals surface area contributed by atoms with Crippen molar-refractivity contribution < 1.29 is 17.9 Å². The first-order valence-corrected chi connectivity index (χ1v) is 11.2. The van der Waals surface area contributed by atoms with Crippen molar-refractivity contribution in [2.75, 3.05) is 0 Å². The van der Waals surface area contributed by atoms with Gasteiger partial charge in [0.1, 0.15) is 12.4 Å². The van der Waals surface area contributed by atoms with Crippen LogP contribution in [0.15, 0.2) is 85.1 Å². The number of hydrogen-bond donors (Lipinski definition) is 0. The third kappa shape index (κ3) is 4.83. The maximum absolute atomic E-state index is 13.9. The molecule has 0 saturated heterocycles. The molecule has 0 aliphatic rings. The molecule has 2 heterocycles. The van der Waals surface area contributed by atoms with E-state index in [-0.39, 0.29) is 17.9 Å². The Balaban J connectivity index is 1.49. The van der Waals surface area contributed by atoms with Crippen molar-refractivity contribution in [2.24, 2.45) is 0 Å². The van der Waals surface area contributed by atoms with Crippen molar-refractivity contribution in [1.82, 2.24) is 14.6 Å². The number of fused-ring (bicyclic) bond motifs is 1. The molecule has 4 nitrogen and oxygen atoms in total. The van der Waals surface area contributed by atoms with Gasteiger partial charge in [0, 0.05) is 26.7 Å². The number of nitrogens with zero attached hydrogens (tertiary/aromatic N) is 3. The summed E-state index contributed by atoms with van der Waals surface area (Å²) in [4.78, 5) is 4.53. The zero-order valence-corrected chi connectivity index (χ0v) is 19.4. The van der Waals surface area contributed by atoms with Gasteiger partial charge in [-0.05, 0) is 48.0 Å². The molecule has 35 heavy (non-hydrogen) atoms. The van der Waals surface area contributed by atoms with Crippen LogP contribution in [-0.2, 0) is 12.8 Å². The Bertz CT molecular complexity index is 1500. The van der Waals surface area contributed by atoms with Crippen LogP contribution < -0.4 is 4.74 Å². The molecule has 5 aromatic rings. The van der Waals surface area contributed by atoms with Crippen molar-refractivity contribution in [2.45, 2.75) is 12.8 Å². The molecule has 0 N–H and O–H groups in total. The molecule has 0 spiro atoms. The normalized spacial score (nSPS) is 11.7. The molecule has 0 saturated carbocycles. The summed E-state index contributed by atoms with van der Waals surface area (Å²) in [5.74, 6) is 0.534. The number of aromatic nitrogens is 3. The van der Waals surface area contributed by atoms with E-state index in [2.05, 4.69) is 10.1 Å². The van der Waals surface area contributed by atoms with Crippen LogP contribution in [-0.4, -0.2) is 14.6 Å². The number of ether oxygens (including phenoxy) is 1. The van der Waals surface area contributed by atoms with E-state index in [4.69, 9.17) is 27.9 Å². The molecule has 5 rings (SSSR count). The van der Waals surface area contributed by atoms with Gasteiger partial charge in [0.05, 0.1) is 11.9 Å². The molecule has 0 unspecified atom stereocenters. The van der Waals surface area contributed by atoms with E-state index >= 15 is 0 Å². The lowest BCUT2D eigenvalue weighted by atomic mass is 10.1. The van der Waals surface area contributed by atoms with Crippen molar-refractivity contribution >= 4 is 28.8 Å². The second kappa shape index (κ2) is 9.24. The first-order chi connectivity index (χ1) is 16.8. The summed E-state index contributed by atoms with van der Waals surface area (Å²) in [5.41, 5.74) is 1.90. The van der Waals surface area contributed by atoms with Gasteiger partial charge in [-0.15, -0.1) is 0 Å². The van der Waals surface area contributed by atoms with Crippen LogP contribution >= 0.6 is 23.2 Å². The van der Waals surface area contributed by atoms with Gasteiger partial charge in [-0.3, -0.25) is 0 Å². The molecule has 0 radical (unpaired) electrons. The van der Waals surface area contributed by atoms with Crippen molar-refractivity contribution in [1.29, 1.82) is 0 Å². The number of alkyl halides is 3. The summed E-state index contributed by atoms with van der Waals surface area (Å²) < 4.78 is 48.2. The topological polar surface area (TPSA) is 39.4 Å². The average molecular weight is 514 g/mol. The summed E-state index contributed by atoms with van der Waals surface area (Å²) in [5, 5.41) is 4.99. The van der Waals surface area contributed by atoms with E-state index in [1.54, 1.807) is 54.6 Å². The van der Waals surface area contributed by atoms with E-state index in [0.29, 0.717) is 26.9 Å². The van der Waals surface area contributed by atoms with Crippen LogP contribution in [0.2, 0.25) is 10.0 Å². The van der Waals surface area contributed by atoms with Crippen molar-refractivity contribution in [3.8, 4) is 28.1 Å². The molecule has 0 aliphatic carbocycles. The van der Waals surface area contributed by atoms with E-state index in [1.807, 2.05) is 18.2 Å². The Morgan fingerprint density at radius 2 is 1.60 bits per heavy atom. The van der Waals surface area contributed by atoms with Gasteiger partial charge in [0.15, 0.2) is 11.3 Å². The smallest absolute Gasteiger partial charge is 0.433 e. The van der Waals surface area contributed by atoms with Crippen LogP contribution in [0.4, 0.5) is 13.2 Å². The van der Waals surface area contributed by atoms with Crippen LogP contribution in [0.3, 0.4) is 0 Å². The molecule has 0 bridgehead atoms. The second-order valence-electron chi connectivity index (χ2n) is 7.73. The van der Waals surface area contributed by atoms with Gasteiger partial charge in [-0.1, -0.05) is 59.6 Å². The summed E-state index contributed by atoms with van der Waals surface area (Å²) in [7, 11) is 0. The van der Waals surface area contributed by atoms with E-state index in [9.17, 15) is 13.2 Å². The minimum Gasteiger partial charge on any atom is -0.489 e. The summed E-state index contributed by atoms with van der Waals surface area (Å²) in [6.07, 6.45) is -3.22. The highest BCUT2D eigenvalue weighted by atomic mass is 35.5. The molecule has 176 valence electrons. The van der Waals surface area contributed by atoms with Gasteiger partial charge >= 0.3 is 6.18 Å². The Kier molecular flexibility index (Phi) is 6.13. The number of rotatable bonds is 5. The van der Waals surface area contributed by atoms with Gasteiger partial charge in [0.25, 0.3) is 0 Å². The maximum Gasteiger partial charge on any atom is 0.433 e. The number of hydrogen-bond acceptors (Lipinski definition) is 3. The predicted molar refractivity (Wildman–Crippen MR) is 130 cm³/mol. The molecule has 9 heteroatoms. The highest BCUT2D eigenvalue weighted by Crippen LogP contribution is 2.35. The van der Waals surface area contributed by atoms with Crippen LogP contribution in [0, 0.1) is 0 Å². The number of benzene rings is 3. The first-order valence-electron chi connectivity index (χ1n) is 10.5. The average Bonchev–Trinajstić information content (AvgIpc) is 3.27. The summed E-state index contributed by atoms with van der Waals surface area (Å²) in [6, 6.07) is 21.8. The molecule has 0 amide bonds. The second-order valence-corrected chi connectivity index (χ2v) is 8.58. The molecule has 3 aromatic carbocycles. The van der Waals surface area contributed by atoms with Gasteiger partial charge in [-0.25, -0.2) is 9.50 Å². The summed E-state index contributed by atoms with van der Waals surface area (Å²) >= 11 is 12.1. The fourth-order valence-electron chi connectivity index (χ4n) is 3.66. The van der Waals surface area contributed by atoms with Crippen molar-refractivity contribution in [3.05, 3.63) is 106 Å². The molecule has 0 aliphatic heterocycles. The van der Waals surface area contributed by atoms with Crippen LogP contribution in [0.1, 0.15) is 11.3 Å². The fraction of sp³-hybridized carbons (Fsp3) is 0.0769. The molecule has 2 aromatic heterocycles. The number of halogens is 5. The van der Waals surface area contributed by atoms with E-state index in [0.717, 1.165) is 21.7 Å². The standard InChI is InChI=1S/C26H16Cl2F3N3O/c27-19-9-6-18(22(28)12-19)15-35-20-10-7-17(8-11-20)23-13-24(26(29,30)31)34-25(33-23)21(14-32-34)16-4-2-1-3-5-16/h1-14H,15H2. The zero-order valence-electron chi connectivity index (χ0n) is 17.9. The van der Waals surface area contributed by atoms with Crippen LogP contribution in [0.5, 0.6) is 5.75 Å². The van der Waals surface area contributed by atoms with Gasteiger partial charge in [-0.2, -0.15) is 18.3 Å². The molecular weight excluding hydrogens is 498 g/mol. The summed E-state index contributed by atoms with van der Waals surface area (Å²) in [6.45, 7) is 0.216. The molecule has 0 fully saturated rings. The van der Waals surface area contributed by atoms with Gasteiger partial charge < -0.3 is 4.74 Å². The van der Waals surface area contributed by atoms with E-state index < -0.39 is 11.9 Å². The SMILES string of the molecule is FC(F)(F)c1cc(-c2ccc(OCc3ccc(Cl)cc3Cl)cc2)nc2c(-c3ccccc3)cnn12. The largest absolute Gasteiger partial charge is 0.489 e. The third-order valence-electron chi connectivity index (χ3n) is 5.41. The molecular formula is C26H16Cl2F3N3O. The highest BCUT2D eigenvalue weighted by molar-refractivity contribution is 6.35. The Morgan fingerprint density at radius 3 is 2.29 bits per heavy atom. The highest BCUT2D eigenvalue weighted by Gasteiger charge is 2.35. The fourth-order valence-corrected chi connectivity index (χ4v) is 4.12. The first kappa shape index (κ1) is 23.2.